The SMILES string of the molecule is CCCN(CCO)C(=O)C(C)Oc1ccc(C)cc1. The van der Waals surface area contributed by atoms with Crippen molar-refractivity contribution in [2.24, 2.45) is 0 Å². The Morgan fingerprint density at radius 2 is 1.95 bits per heavy atom. The maximum atomic E-state index is 12.2. The maximum Gasteiger partial charge on any atom is 0.263 e. The summed E-state index contributed by atoms with van der Waals surface area (Å²) in [5.74, 6) is 0.600. The molecule has 0 heterocycles. The number of ether oxygens (including phenoxy) is 1. The van der Waals surface area contributed by atoms with Gasteiger partial charge in [-0.25, -0.2) is 0 Å². The number of nitrogens with zero attached hydrogens (tertiary/aromatic N) is 1. The number of carbonyl (C=O) groups is 1. The number of aliphatic hydroxyl groups excluding tert-OH is 1. The molecule has 106 valence electrons. The zero-order chi connectivity index (χ0) is 14.3. The van der Waals surface area contributed by atoms with E-state index in [4.69, 9.17) is 9.84 Å². The smallest absolute Gasteiger partial charge is 0.263 e. The van der Waals surface area contributed by atoms with Gasteiger partial charge in [0, 0.05) is 13.1 Å². The average molecular weight is 265 g/mol. The minimum atomic E-state index is -0.541. The second-order valence-corrected chi connectivity index (χ2v) is 4.62. The largest absolute Gasteiger partial charge is 0.481 e. The fraction of sp³-hybridized carbons (Fsp3) is 0.533. The summed E-state index contributed by atoms with van der Waals surface area (Å²) >= 11 is 0. The topological polar surface area (TPSA) is 49.8 Å². The Hall–Kier alpha value is -1.55. The van der Waals surface area contributed by atoms with Gasteiger partial charge in [-0.1, -0.05) is 24.6 Å². The molecule has 1 N–H and O–H groups in total. The summed E-state index contributed by atoms with van der Waals surface area (Å²) in [7, 11) is 0. The normalized spacial score (nSPS) is 12.0. The van der Waals surface area contributed by atoms with Crippen LogP contribution in [0, 0.1) is 6.92 Å². The van der Waals surface area contributed by atoms with Crippen LogP contribution in [0.25, 0.3) is 0 Å². The van der Waals surface area contributed by atoms with Gasteiger partial charge in [0.25, 0.3) is 5.91 Å². The van der Waals surface area contributed by atoms with Crippen molar-refractivity contribution in [3.63, 3.8) is 0 Å². The molecule has 0 aliphatic carbocycles. The molecule has 0 saturated heterocycles. The summed E-state index contributed by atoms with van der Waals surface area (Å²) in [6.07, 6.45) is 0.323. The van der Waals surface area contributed by atoms with Gasteiger partial charge in [0.15, 0.2) is 6.10 Å². The first-order chi connectivity index (χ1) is 9.08. The predicted molar refractivity (Wildman–Crippen MR) is 75.2 cm³/mol. The van der Waals surface area contributed by atoms with Gasteiger partial charge in [-0.15, -0.1) is 0 Å². The van der Waals surface area contributed by atoms with Crippen molar-refractivity contribution >= 4 is 5.91 Å². The number of aryl methyl sites for hydroxylation is 1. The molecule has 0 saturated carbocycles. The molecule has 0 radical (unpaired) electrons. The summed E-state index contributed by atoms with van der Waals surface area (Å²) in [4.78, 5) is 13.8. The first-order valence-electron chi connectivity index (χ1n) is 6.71. The van der Waals surface area contributed by atoms with Gasteiger partial charge in [-0.05, 0) is 32.4 Å². The van der Waals surface area contributed by atoms with Gasteiger partial charge >= 0.3 is 0 Å². The highest BCUT2D eigenvalue weighted by molar-refractivity contribution is 5.80. The summed E-state index contributed by atoms with van der Waals surface area (Å²) in [6, 6.07) is 7.61. The molecule has 0 fully saturated rings. The van der Waals surface area contributed by atoms with Crippen LogP contribution in [0.4, 0.5) is 0 Å². The molecule has 4 nitrogen and oxygen atoms in total. The van der Waals surface area contributed by atoms with E-state index in [0.717, 1.165) is 12.0 Å². The highest BCUT2D eigenvalue weighted by Gasteiger charge is 2.20. The van der Waals surface area contributed by atoms with Crippen molar-refractivity contribution in [1.29, 1.82) is 0 Å². The number of rotatable bonds is 7. The number of benzene rings is 1. The van der Waals surface area contributed by atoms with Crippen LogP contribution in [0.3, 0.4) is 0 Å². The lowest BCUT2D eigenvalue weighted by molar-refractivity contribution is -0.138. The highest BCUT2D eigenvalue weighted by atomic mass is 16.5. The fourth-order valence-electron chi connectivity index (χ4n) is 1.85. The average Bonchev–Trinajstić information content (AvgIpc) is 2.40. The molecule has 0 bridgehead atoms. The van der Waals surface area contributed by atoms with Crippen LogP contribution in [0.15, 0.2) is 24.3 Å². The summed E-state index contributed by atoms with van der Waals surface area (Å²) in [6.45, 7) is 6.71. The van der Waals surface area contributed by atoms with Crippen LogP contribution in [0.5, 0.6) is 5.75 Å². The Bertz CT molecular complexity index is 383. The number of hydrogen-bond donors (Lipinski definition) is 1. The summed E-state index contributed by atoms with van der Waals surface area (Å²) in [5.41, 5.74) is 1.15. The zero-order valence-electron chi connectivity index (χ0n) is 11.9. The molecular weight excluding hydrogens is 242 g/mol. The van der Waals surface area contributed by atoms with Gasteiger partial charge in [-0.2, -0.15) is 0 Å². The van der Waals surface area contributed by atoms with Crippen molar-refractivity contribution in [2.75, 3.05) is 19.7 Å². The third-order valence-corrected chi connectivity index (χ3v) is 2.86. The first kappa shape index (κ1) is 15.5. The third-order valence-electron chi connectivity index (χ3n) is 2.86. The maximum absolute atomic E-state index is 12.2. The Morgan fingerprint density at radius 1 is 1.32 bits per heavy atom. The summed E-state index contributed by atoms with van der Waals surface area (Å²) < 4.78 is 5.63. The number of aliphatic hydroxyl groups is 1. The second-order valence-electron chi connectivity index (χ2n) is 4.62. The van der Waals surface area contributed by atoms with E-state index in [-0.39, 0.29) is 12.5 Å². The molecular formula is C15H23NO3. The van der Waals surface area contributed by atoms with E-state index in [1.807, 2.05) is 38.1 Å². The van der Waals surface area contributed by atoms with E-state index >= 15 is 0 Å². The molecule has 0 spiro atoms. The van der Waals surface area contributed by atoms with E-state index in [1.165, 1.54) is 0 Å². The van der Waals surface area contributed by atoms with Crippen molar-refractivity contribution in [3.8, 4) is 5.75 Å². The van der Waals surface area contributed by atoms with Crippen molar-refractivity contribution in [2.45, 2.75) is 33.3 Å². The molecule has 1 aromatic carbocycles. The number of carbonyl (C=O) groups excluding carboxylic acids is 1. The van der Waals surface area contributed by atoms with E-state index in [1.54, 1.807) is 11.8 Å². The van der Waals surface area contributed by atoms with Crippen LogP contribution in [-0.4, -0.2) is 41.7 Å². The molecule has 4 heteroatoms. The number of hydrogen-bond acceptors (Lipinski definition) is 3. The van der Waals surface area contributed by atoms with E-state index in [9.17, 15) is 4.79 Å². The number of amides is 1. The Balaban J connectivity index is 2.62. The van der Waals surface area contributed by atoms with Crippen molar-refractivity contribution < 1.29 is 14.6 Å². The molecule has 1 unspecified atom stereocenters. The van der Waals surface area contributed by atoms with Crippen LogP contribution in [-0.2, 0) is 4.79 Å². The molecule has 1 rings (SSSR count). The van der Waals surface area contributed by atoms with Crippen LogP contribution < -0.4 is 4.74 Å². The van der Waals surface area contributed by atoms with Crippen LogP contribution in [0.1, 0.15) is 25.8 Å². The fourth-order valence-corrected chi connectivity index (χ4v) is 1.85. The molecule has 1 amide bonds. The van der Waals surface area contributed by atoms with Gasteiger partial charge in [0.05, 0.1) is 6.61 Å². The molecule has 19 heavy (non-hydrogen) atoms. The van der Waals surface area contributed by atoms with Crippen molar-refractivity contribution in [3.05, 3.63) is 29.8 Å². The lowest BCUT2D eigenvalue weighted by atomic mass is 10.2. The molecule has 0 aromatic heterocycles. The Kier molecular flexibility index (Phi) is 6.36. The monoisotopic (exact) mass is 265 g/mol. The lowest BCUT2D eigenvalue weighted by Crippen LogP contribution is -2.42. The highest BCUT2D eigenvalue weighted by Crippen LogP contribution is 2.14. The Labute approximate surface area is 115 Å². The molecule has 0 aliphatic heterocycles. The molecule has 0 aliphatic rings. The van der Waals surface area contributed by atoms with Gasteiger partial charge in [-0.3, -0.25) is 4.79 Å². The quantitative estimate of drug-likeness (QED) is 0.820. The second kappa shape index (κ2) is 7.79. The lowest BCUT2D eigenvalue weighted by Gasteiger charge is -2.25. The summed E-state index contributed by atoms with van der Waals surface area (Å²) in [5, 5.41) is 8.98. The van der Waals surface area contributed by atoms with Crippen molar-refractivity contribution in [1.82, 2.24) is 4.90 Å². The van der Waals surface area contributed by atoms with Crippen LogP contribution >= 0.6 is 0 Å². The van der Waals surface area contributed by atoms with Gasteiger partial charge < -0.3 is 14.7 Å². The van der Waals surface area contributed by atoms with Crippen LogP contribution in [0.2, 0.25) is 0 Å². The third kappa shape index (κ3) is 4.91. The van der Waals surface area contributed by atoms with Gasteiger partial charge in [0.1, 0.15) is 5.75 Å². The van der Waals surface area contributed by atoms with E-state index < -0.39 is 6.10 Å². The standard InChI is InChI=1S/C15H23NO3/c1-4-9-16(10-11-17)15(18)13(3)19-14-7-5-12(2)6-8-14/h5-8,13,17H,4,9-11H2,1-3H3. The van der Waals surface area contributed by atoms with E-state index in [0.29, 0.717) is 18.8 Å². The molecule has 1 atom stereocenters. The zero-order valence-corrected chi connectivity index (χ0v) is 11.9. The Morgan fingerprint density at radius 3 is 2.47 bits per heavy atom. The minimum Gasteiger partial charge on any atom is -0.481 e. The molecule has 1 aromatic rings. The minimum absolute atomic E-state index is 0.0248. The van der Waals surface area contributed by atoms with E-state index in [2.05, 4.69) is 0 Å². The first-order valence-corrected chi connectivity index (χ1v) is 6.71. The van der Waals surface area contributed by atoms with Gasteiger partial charge in [0.2, 0.25) is 0 Å². The predicted octanol–water partition coefficient (Wildman–Crippen LogP) is 1.99.